The Morgan fingerprint density at radius 1 is 1.50 bits per heavy atom. The van der Waals surface area contributed by atoms with Gasteiger partial charge in [-0.2, -0.15) is 5.10 Å². The summed E-state index contributed by atoms with van der Waals surface area (Å²) >= 11 is 0. The van der Waals surface area contributed by atoms with E-state index >= 15 is 0 Å². The van der Waals surface area contributed by atoms with Crippen molar-refractivity contribution in [3.63, 3.8) is 0 Å². The van der Waals surface area contributed by atoms with Crippen LogP contribution in [0.1, 0.15) is 34.8 Å². The van der Waals surface area contributed by atoms with E-state index in [0.29, 0.717) is 11.6 Å². The Labute approximate surface area is 82.1 Å². The van der Waals surface area contributed by atoms with Crippen molar-refractivity contribution in [3.8, 4) is 0 Å². The minimum atomic E-state index is -0.420. The molecule has 5 heteroatoms. The lowest BCUT2D eigenvalue weighted by atomic mass is 9.90. The Hall–Kier alpha value is -1.36. The number of hydrogen-bond acceptors (Lipinski definition) is 3. The van der Waals surface area contributed by atoms with Gasteiger partial charge in [0.2, 0.25) is 0 Å². The molecule has 0 radical (unpaired) electrons. The fourth-order valence-electron chi connectivity index (χ4n) is 1.94. The number of aromatic amines is 1. The van der Waals surface area contributed by atoms with Crippen LogP contribution in [0.3, 0.4) is 0 Å². The quantitative estimate of drug-likeness (QED) is 0.618. The summed E-state index contributed by atoms with van der Waals surface area (Å²) in [6.45, 7) is 1.99. The standard InChI is InChI=1S/C9H14N4O/c10-9(14)8-7(5-12-13-8)6-1-3-11-4-2-6/h5-6,11H,1-4H2,(H2,10,14)(H,12,13). The number of nitrogens with one attached hydrogen (secondary N) is 2. The molecule has 2 heterocycles. The first-order chi connectivity index (χ1) is 6.79. The van der Waals surface area contributed by atoms with Crippen molar-refractivity contribution in [2.24, 2.45) is 5.73 Å². The second-order valence-corrected chi connectivity index (χ2v) is 3.59. The van der Waals surface area contributed by atoms with Crippen LogP contribution in [-0.2, 0) is 0 Å². The molecule has 5 nitrogen and oxygen atoms in total. The number of nitrogens with two attached hydrogens (primary N) is 1. The van der Waals surface area contributed by atoms with E-state index in [4.69, 9.17) is 5.73 Å². The van der Waals surface area contributed by atoms with Crippen LogP contribution in [-0.4, -0.2) is 29.2 Å². The first-order valence-electron chi connectivity index (χ1n) is 4.83. The Morgan fingerprint density at radius 3 is 2.86 bits per heavy atom. The van der Waals surface area contributed by atoms with Gasteiger partial charge in [0, 0.05) is 5.56 Å². The summed E-state index contributed by atoms with van der Waals surface area (Å²) < 4.78 is 0. The summed E-state index contributed by atoms with van der Waals surface area (Å²) in [5.74, 6) is -0.00599. The topological polar surface area (TPSA) is 83.8 Å². The lowest BCUT2D eigenvalue weighted by Crippen LogP contribution is -2.27. The van der Waals surface area contributed by atoms with Crippen LogP contribution in [0.25, 0.3) is 0 Å². The van der Waals surface area contributed by atoms with Crippen molar-refractivity contribution in [1.29, 1.82) is 0 Å². The molecular formula is C9H14N4O. The number of carbonyl (C=O) groups excluding carboxylic acids is 1. The van der Waals surface area contributed by atoms with Crippen LogP contribution in [0.2, 0.25) is 0 Å². The molecule has 0 saturated carbocycles. The van der Waals surface area contributed by atoms with Crippen LogP contribution in [0.15, 0.2) is 6.20 Å². The molecule has 1 aromatic heterocycles. The van der Waals surface area contributed by atoms with Gasteiger partial charge < -0.3 is 11.1 Å². The number of amides is 1. The molecule has 1 saturated heterocycles. The van der Waals surface area contributed by atoms with Crippen LogP contribution in [0.5, 0.6) is 0 Å². The van der Waals surface area contributed by atoms with E-state index in [1.165, 1.54) is 0 Å². The van der Waals surface area contributed by atoms with E-state index in [1.54, 1.807) is 6.20 Å². The summed E-state index contributed by atoms with van der Waals surface area (Å²) in [4.78, 5) is 11.1. The van der Waals surface area contributed by atoms with Gasteiger partial charge in [0.05, 0.1) is 6.20 Å². The maximum absolute atomic E-state index is 11.1. The van der Waals surface area contributed by atoms with E-state index in [-0.39, 0.29) is 0 Å². The summed E-state index contributed by atoms with van der Waals surface area (Å²) in [7, 11) is 0. The third-order valence-corrected chi connectivity index (χ3v) is 2.69. The molecule has 4 N–H and O–H groups in total. The third kappa shape index (κ3) is 1.63. The van der Waals surface area contributed by atoms with Crippen molar-refractivity contribution in [3.05, 3.63) is 17.5 Å². The molecule has 0 unspecified atom stereocenters. The molecular weight excluding hydrogens is 180 g/mol. The summed E-state index contributed by atoms with van der Waals surface area (Å²) in [5, 5.41) is 9.81. The van der Waals surface area contributed by atoms with E-state index in [0.717, 1.165) is 31.5 Å². The number of carbonyl (C=O) groups is 1. The molecule has 1 aliphatic heterocycles. The average Bonchev–Trinajstić information content (AvgIpc) is 2.67. The molecule has 1 aromatic rings. The minimum absolute atomic E-state index is 0.414. The highest BCUT2D eigenvalue weighted by Crippen LogP contribution is 2.26. The van der Waals surface area contributed by atoms with Crippen LogP contribution >= 0.6 is 0 Å². The molecule has 1 amide bonds. The van der Waals surface area contributed by atoms with E-state index < -0.39 is 5.91 Å². The van der Waals surface area contributed by atoms with Gasteiger partial charge in [-0.3, -0.25) is 9.89 Å². The highest BCUT2D eigenvalue weighted by Gasteiger charge is 2.21. The highest BCUT2D eigenvalue weighted by atomic mass is 16.1. The average molecular weight is 194 g/mol. The second-order valence-electron chi connectivity index (χ2n) is 3.59. The van der Waals surface area contributed by atoms with Gasteiger partial charge >= 0.3 is 0 Å². The molecule has 76 valence electrons. The molecule has 0 bridgehead atoms. The number of rotatable bonds is 2. The Kier molecular flexibility index (Phi) is 2.49. The molecule has 1 fully saturated rings. The van der Waals surface area contributed by atoms with Crippen LogP contribution < -0.4 is 11.1 Å². The van der Waals surface area contributed by atoms with E-state index in [9.17, 15) is 4.79 Å². The number of aromatic nitrogens is 2. The molecule has 1 aliphatic rings. The molecule has 0 atom stereocenters. The molecule has 0 aliphatic carbocycles. The number of H-pyrrole nitrogens is 1. The van der Waals surface area contributed by atoms with Crippen molar-refractivity contribution >= 4 is 5.91 Å². The third-order valence-electron chi connectivity index (χ3n) is 2.69. The maximum atomic E-state index is 11.1. The lowest BCUT2D eigenvalue weighted by molar-refractivity contribution is 0.0994. The predicted octanol–water partition coefficient (Wildman–Crippen LogP) is -0.0244. The van der Waals surface area contributed by atoms with Gasteiger partial charge in [-0.1, -0.05) is 0 Å². The van der Waals surface area contributed by atoms with Gasteiger partial charge in [-0.15, -0.1) is 0 Å². The fourth-order valence-corrected chi connectivity index (χ4v) is 1.94. The smallest absolute Gasteiger partial charge is 0.267 e. The summed E-state index contributed by atoms with van der Waals surface area (Å²) in [6, 6.07) is 0. The fraction of sp³-hybridized carbons (Fsp3) is 0.556. The van der Waals surface area contributed by atoms with Crippen LogP contribution in [0, 0.1) is 0 Å². The van der Waals surface area contributed by atoms with Gasteiger partial charge in [0.15, 0.2) is 0 Å². The van der Waals surface area contributed by atoms with Gasteiger partial charge in [0.1, 0.15) is 5.69 Å². The predicted molar refractivity (Wildman–Crippen MR) is 52.0 cm³/mol. The zero-order valence-electron chi connectivity index (χ0n) is 7.92. The molecule has 0 aromatic carbocycles. The molecule has 2 rings (SSSR count). The summed E-state index contributed by atoms with van der Waals surface area (Å²) in [6.07, 6.45) is 3.80. The highest BCUT2D eigenvalue weighted by molar-refractivity contribution is 5.92. The van der Waals surface area contributed by atoms with Crippen molar-refractivity contribution in [2.75, 3.05) is 13.1 Å². The Bertz CT molecular complexity index is 327. The Morgan fingerprint density at radius 2 is 2.21 bits per heavy atom. The monoisotopic (exact) mass is 194 g/mol. The van der Waals surface area contributed by atoms with Crippen LogP contribution in [0.4, 0.5) is 0 Å². The Balaban J connectivity index is 2.21. The lowest BCUT2D eigenvalue weighted by Gasteiger charge is -2.21. The first-order valence-corrected chi connectivity index (χ1v) is 4.83. The minimum Gasteiger partial charge on any atom is -0.364 e. The van der Waals surface area contributed by atoms with Gasteiger partial charge in [-0.05, 0) is 31.8 Å². The summed E-state index contributed by atoms with van der Waals surface area (Å²) in [5.41, 5.74) is 6.68. The van der Waals surface area contributed by atoms with E-state index in [1.807, 2.05) is 0 Å². The second kappa shape index (κ2) is 3.79. The number of hydrogen-bond donors (Lipinski definition) is 3. The zero-order chi connectivity index (χ0) is 9.97. The normalized spacial score (nSPS) is 18.3. The largest absolute Gasteiger partial charge is 0.364 e. The van der Waals surface area contributed by atoms with Gasteiger partial charge in [-0.25, -0.2) is 0 Å². The van der Waals surface area contributed by atoms with Crippen molar-refractivity contribution in [2.45, 2.75) is 18.8 Å². The van der Waals surface area contributed by atoms with Crippen molar-refractivity contribution in [1.82, 2.24) is 15.5 Å². The SMILES string of the molecule is NC(=O)c1[nH]ncc1C1CCNCC1. The van der Waals surface area contributed by atoms with Crippen molar-refractivity contribution < 1.29 is 4.79 Å². The molecule has 0 spiro atoms. The van der Waals surface area contributed by atoms with Gasteiger partial charge in [0.25, 0.3) is 5.91 Å². The first kappa shape index (κ1) is 9.21. The number of piperidine rings is 1. The maximum Gasteiger partial charge on any atom is 0.267 e. The zero-order valence-corrected chi connectivity index (χ0v) is 7.92. The molecule has 14 heavy (non-hydrogen) atoms. The number of nitrogens with zero attached hydrogens (tertiary/aromatic N) is 1. The van der Waals surface area contributed by atoms with E-state index in [2.05, 4.69) is 15.5 Å². The number of primary amides is 1.